The molecule has 0 radical (unpaired) electrons. The maximum absolute atomic E-state index is 13.0. The van der Waals surface area contributed by atoms with E-state index in [1.807, 2.05) is 12.1 Å². The number of amides is 1. The van der Waals surface area contributed by atoms with Crippen LogP contribution in [0.2, 0.25) is 0 Å². The molecule has 1 fully saturated rings. The van der Waals surface area contributed by atoms with E-state index in [2.05, 4.69) is 22.4 Å². The van der Waals surface area contributed by atoms with Gasteiger partial charge in [-0.2, -0.15) is 0 Å². The van der Waals surface area contributed by atoms with Gasteiger partial charge in [-0.3, -0.25) is 9.78 Å². The Labute approximate surface area is 115 Å². The Kier molecular flexibility index (Phi) is 2.39. The van der Waals surface area contributed by atoms with Crippen LogP contribution in [0.15, 0.2) is 42.7 Å². The van der Waals surface area contributed by atoms with Crippen molar-refractivity contribution < 1.29 is 9.18 Å². The number of hydrogen-bond donors (Lipinski definition) is 1. The van der Waals surface area contributed by atoms with Crippen LogP contribution in [0, 0.1) is 17.7 Å². The lowest BCUT2D eigenvalue weighted by molar-refractivity contribution is -0.117. The first-order chi connectivity index (χ1) is 9.74. The van der Waals surface area contributed by atoms with Gasteiger partial charge < -0.3 is 5.32 Å². The van der Waals surface area contributed by atoms with Gasteiger partial charge in [0.15, 0.2) is 0 Å². The van der Waals surface area contributed by atoms with Crippen LogP contribution >= 0.6 is 0 Å². The lowest BCUT2D eigenvalue weighted by Gasteiger charge is -2.08. The molecule has 1 amide bonds. The Hall–Kier alpha value is -2.23. The summed E-state index contributed by atoms with van der Waals surface area (Å²) in [5.74, 6) is 0.306. The monoisotopic (exact) mass is 268 g/mol. The summed E-state index contributed by atoms with van der Waals surface area (Å²) in [5.41, 5.74) is 3.09. The van der Waals surface area contributed by atoms with Gasteiger partial charge in [-0.05, 0) is 29.4 Å². The quantitative estimate of drug-likeness (QED) is 0.910. The number of rotatable bonds is 2. The molecular weight excluding hydrogens is 255 g/mol. The summed E-state index contributed by atoms with van der Waals surface area (Å²) in [6.07, 6.45) is 3.56. The zero-order valence-electron chi connectivity index (χ0n) is 10.7. The highest BCUT2D eigenvalue weighted by Gasteiger charge is 2.59. The van der Waals surface area contributed by atoms with Crippen molar-refractivity contribution in [1.82, 2.24) is 4.98 Å². The number of carbonyl (C=O) groups excluding carboxylic acids is 1. The third-order valence-electron chi connectivity index (χ3n) is 4.31. The SMILES string of the molecule is O=C(Nc1cncc(F)c1)C1C2Cc3ccccc3C21. The first kappa shape index (κ1) is 11.6. The van der Waals surface area contributed by atoms with Gasteiger partial charge in [-0.15, -0.1) is 0 Å². The highest BCUT2D eigenvalue weighted by molar-refractivity contribution is 5.96. The van der Waals surface area contributed by atoms with E-state index < -0.39 is 5.82 Å². The van der Waals surface area contributed by atoms with Gasteiger partial charge in [0.25, 0.3) is 0 Å². The van der Waals surface area contributed by atoms with Crippen LogP contribution in [0.4, 0.5) is 10.1 Å². The highest BCUT2D eigenvalue weighted by atomic mass is 19.1. The van der Waals surface area contributed by atoms with Crippen LogP contribution in [0.1, 0.15) is 17.0 Å². The Morgan fingerprint density at radius 3 is 3.00 bits per heavy atom. The largest absolute Gasteiger partial charge is 0.324 e. The molecule has 2 aliphatic carbocycles. The lowest BCUT2D eigenvalue weighted by Crippen LogP contribution is -2.17. The molecule has 100 valence electrons. The summed E-state index contributed by atoms with van der Waals surface area (Å²) < 4.78 is 13.0. The average molecular weight is 268 g/mol. The topological polar surface area (TPSA) is 42.0 Å². The number of pyridine rings is 1. The fourth-order valence-electron chi connectivity index (χ4n) is 3.41. The van der Waals surface area contributed by atoms with Crippen molar-refractivity contribution in [1.29, 1.82) is 0 Å². The van der Waals surface area contributed by atoms with E-state index in [1.165, 1.54) is 23.4 Å². The van der Waals surface area contributed by atoms with Crippen molar-refractivity contribution in [3.05, 3.63) is 59.7 Å². The van der Waals surface area contributed by atoms with Crippen LogP contribution < -0.4 is 5.32 Å². The van der Waals surface area contributed by atoms with Gasteiger partial charge in [0.1, 0.15) is 5.82 Å². The molecule has 1 heterocycles. The van der Waals surface area contributed by atoms with Crippen LogP contribution in [0.25, 0.3) is 0 Å². The third-order valence-corrected chi connectivity index (χ3v) is 4.31. The molecule has 4 rings (SSSR count). The molecule has 1 aromatic heterocycles. The van der Waals surface area contributed by atoms with Gasteiger partial charge in [0.05, 0.1) is 18.1 Å². The second-order valence-electron chi connectivity index (χ2n) is 5.50. The summed E-state index contributed by atoms with van der Waals surface area (Å²) in [5, 5.41) is 2.76. The summed E-state index contributed by atoms with van der Waals surface area (Å²) in [6.45, 7) is 0. The zero-order chi connectivity index (χ0) is 13.7. The zero-order valence-corrected chi connectivity index (χ0v) is 10.7. The number of anilines is 1. The van der Waals surface area contributed by atoms with Crippen LogP contribution in [0.5, 0.6) is 0 Å². The minimum Gasteiger partial charge on any atom is -0.324 e. The van der Waals surface area contributed by atoms with E-state index in [0.717, 1.165) is 12.6 Å². The Morgan fingerprint density at radius 1 is 1.30 bits per heavy atom. The fourth-order valence-corrected chi connectivity index (χ4v) is 3.41. The highest BCUT2D eigenvalue weighted by Crippen LogP contribution is 2.61. The molecule has 2 aliphatic rings. The van der Waals surface area contributed by atoms with E-state index >= 15 is 0 Å². The number of aromatic nitrogens is 1. The number of fused-ring (bicyclic) bond motifs is 3. The van der Waals surface area contributed by atoms with E-state index in [9.17, 15) is 9.18 Å². The predicted octanol–water partition coefficient (Wildman–Crippen LogP) is 2.75. The van der Waals surface area contributed by atoms with Crippen molar-refractivity contribution in [2.24, 2.45) is 11.8 Å². The maximum atomic E-state index is 13.0. The molecule has 3 atom stereocenters. The molecule has 0 bridgehead atoms. The van der Waals surface area contributed by atoms with Crippen LogP contribution in [0.3, 0.4) is 0 Å². The number of nitrogens with one attached hydrogen (secondary N) is 1. The van der Waals surface area contributed by atoms with Crippen LogP contribution in [-0.2, 0) is 11.2 Å². The standard InChI is InChI=1S/C16H13FN2O/c17-10-6-11(8-18-7-10)19-16(20)15-13-5-9-3-1-2-4-12(9)14(13)15/h1-4,6-8,13-15H,5H2,(H,19,20). The summed E-state index contributed by atoms with van der Waals surface area (Å²) in [7, 11) is 0. The first-order valence-corrected chi connectivity index (χ1v) is 6.73. The molecule has 20 heavy (non-hydrogen) atoms. The molecule has 1 aromatic carbocycles. The molecule has 0 saturated heterocycles. The summed E-state index contributed by atoms with van der Waals surface area (Å²) >= 11 is 0. The Bertz CT molecular complexity index is 700. The van der Waals surface area contributed by atoms with Gasteiger partial charge in [-0.25, -0.2) is 4.39 Å². The molecule has 0 aliphatic heterocycles. The normalized spacial score (nSPS) is 25.8. The minimum atomic E-state index is -0.441. The van der Waals surface area contributed by atoms with E-state index in [4.69, 9.17) is 0 Å². The van der Waals surface area contributed by atoms with E-state index in [0.29, 0.717) is 17.5 Å². The van der Waals surface area contributed by atoms with Crippen molar-refractivity contribution in [2.45, 2.75) is 12.3 Å². The van der Waals surface area contributed by atoms with Crippen molar-refractivity contribution in [3.63, 3.8) is 0 Å². The Balaban J connectivity index is 1.51. The van der Waals surface area contributed by atoms with Gasteiger partial charge in [0, 0.05) is 12.0 Å². The summed E-state index contributed by atoms with van der Waals surface area (Å²) in [6, 6.07) is 9.59. The Morgan fingerprint density at radius 2 is 2.15 bits per heavy atom. The maximum Gasteiger partial charge on any atom is 0.228 e. The number of carbonyl (C=O) groups is 1. The fraction of sp³-hybridized carbons (Fsp3) is 0.250. The third kappa shape index (κ3) is 1.72. The smallest absolute Gasteiger partial charge is 0.228 e. The predicted molar refractivity (Wildman–Crippen MR) is 72.7 cm³/mol. The summed E-state index contributed by atoms with van der Waals surface area (Å²) in [4.78, 5) is 16.0. The molecule has 2 aromatic rings. The molecule has 4 heteroatoms. The molecule has 3 nitrogen and oxygen atoms in total. The first-order valence-electron chi connectivity index (χ1n) is 6.73. The van der Waals surface area contributed by atoms with E-state index in [1.54, 1.807) is 0 Å². The average Bonchev–Trinajstić information content (AvgIpc) is 3.02. The van der Waals surface area contributed by atoms with Gasteiger partial charge in [-0.1, -0.05) is 24.3 Å². The van der Waals surface area contributed by atoms with Crippen molar-refractivity contribution in [2.75, 3.05) is 5.32 Å². The second-order valence-corrected chi connectivity index (χ2v) is 5.50. The number of hydrogen-bond acceptors (Lipinski definition) is 2. The number of benzene rings is 1. The van der Waals surface area contributed by atoms with Gasteiger partial charge in [0.2, 0.25) is 5.91 Å². The minimum absolute atomic E-state index is 0.0215. The van der Waals surface area contributed by atoms with Crippen molar-refractivity contribution in [3.8, 4) is 0 Å². The van der Waals surface area contributed by atoms with Crippen molar-refractivity contribution >= 4 is 11.6 Å². The molecular formula is C16H13FN2O. The van der Waals surface area contributed by atoms with E-state index in [-0.39, 0.29) is 11.8 Å². The molecule has 1 saturated carbocycles. The molecule has 3 unspecified atom stereocenters. The number of nitrogens with zero attached hydrogens (tertiary/aromatic N) is 1. The van der Waals surface area contributed by atoms with Gasteiger partial charge >= 0.3 is 0 Å². The second kappa shape index (κ2) is 4.13. The number of halogens is 1. The van der Waals surface area contributed by atoms with Crippen LogP contribution in [-0.4, -0.2) is 10.9 Å². The lowest BCUT2D eigenvalue weighted by atomic mass is 10.0. The molecule has 1 N–H and O–H groups in total. The molecule has 0 spiro atoms.